The van der Waals surface area contributed by atoms with Gasteiger partial charge in [-0.3, -0.25) is 4.68 Å². The Balaban J connectivity index is 1.56. The molecule has 0 bridgehead atoms. The molecule has 1 fully saturated rings. The molecule has 35 heavy (non-hydrogen) atoms. The summed E-state index contributed by atoms with van der Waals surface area (Å²) in [6.07, 6.45) is 9.44. The topological polar surface area (TPSA) is 128 Å². The minimum absolute atomic E-state index is 0.138. The summed E-state index contributed by atoms with van der Waals surface area (Å²) >= 11 is 0. The van der Waals surface area contributed by atoms with Crippen molar-refractivity contribution in [3.05, 3.63) is 42.4 Å². The molecule has 1 aliphatic heterocycles. The van der Waals surface area contributed by atoms with E-state index in [0.717, 1.165) is 31.4 Å². The summed E-state index contributed by atoms with van der Waals surface area (Å²) < 4.78 is 34.9. The minimum Gasteiger partial charge on any atom is -0.433 e. The molecule has 0 spiro atoms. The largest absolute Gasteiger partial charge is 0.433 e. The van der Waals surface area contributed by atoms with Gasteiger partial charge in [0, 0.05) is 18.2 Å². The van der Waals surface area contributed by atoms with E-state index in [0.29, 0.717) is 29.1 Å². The molecule has 0 saturated carbocycles. The molecule has 3 aromatic rings. The van der Waals surface area contributed by atoms with Crippen LogP contribution in [0, 0.1) is 6.92 Å². The zero-order valence-electron chi connectivity index (χ0n) is 20.6. The van der Waals surface area contributed by atoms with Crippen molar-refractivity contribution in [3.8, 4) is 22.9 Å². The highest BCUT2D eigenvalue weighted by molar-refractivity contribution is 7.89. The molecule has 1 saturated heterocycles. The van der Waals surface area contributed by atoms with Crippen LogP contribution in [-0.2, 0) is 10.0 Å². The number of benzene rings is 1. The molecule has 2 aromatic heterocycles. The Morgan fingerprint density at radius 1 is 1.26 bits per heavy atom. The molecule has 10 nitrogen and oxygen atoms in total. The second-order valence-electron chi connectivity index (χ2n) is 9.05. The molecule has 3 heterocycles. The number of aromatic nitrogens is 4. The maximum Gasteiger partial charge on any atom is 0.263 e. The van der Waals surface area contributed by atoms with Gasteiger partial charge in [-0.05, 0) is 64.0 Å². The minimum atomic E-state index is -3.61. The van der Waals surface area contributed by atoms with Gasteiger partial charge in [-0.25, -0.2) is 23.1 Å². The molecule has 0 aliphatic carbocycles. The third kappa shape index (κ3) is 5.63. The monoisotopic (exact) mass is 499 g/mol. The van der Waals surface area contributed by atoms with E-state index < -0.39 is 10.0 Å². The van der Waals surface area contributed by atoms with E-state index in [4.69, 9.17) is 10.5 Å². The van der Waals surface area contributed by atoms with Crippen LogP contribution < -0.4 is 15.2 Å². The zero-order chi connectivity index (χ0) is 25.2. The number of nitrogens with two attached hydrogens (primary N) is 1. The smallest absolute Gasteiger partial charge is 0.263 e. The third-order valence-corrected chi connectivity index (χ3v) is 7.86. The number of piperidine rings is 1. The van der Waals surface area contributed by atoms with Gasteiger partial charge in [0.05, 0.1) is 35.2 Å². The fourth-order valence-corrected chi connectivity index (χ4v) is 5.37. The van der Waals surface area contributed by atoms with Gasteiger partial charge in [0.25, 0.3) is 5.88 Å². The Bertz CT molecular complexity index is 1290. The van der Waals surface area contributed by atoms with E-state index in [1.807, 2.05) is 23.9 Å². The van der Waals surface area contributed by atoms with Crippen LogP contribution in [0.3, 0.4) is 0 Å². The van der Waals surface area contributed by atoms with Gasteiger partial charge in [-0.2, -0.15) is 5.10 Å². The lowest BCUT2D eigenvalue weighted by atomic mass is 9.95. The molecule has 1 aromatic carbocycles. The first-order valence-corrected chi connectivity index (χ1v) is 13.3. The average molecular weight is 500 g/mol. The molecular weight excluding hydrogens is 466 g/mol. The molecular formula is C24H33N7O3S. The highest BCUT2D eigenvalue weighted by atomic mass is 32.2. The van der Waals surface area contributed by atoms with Crippen LogP contribution in [0.1, 0.15) is 44.2 Å². The van der Waals surface area contributed by atoms with Crippen molar-refractivity contribution < 1.29 is 13.2 Å². The highest BCUT2D eigenvalue weighted by Gasteiger charge is 2.27. The summed E-state index contributed by atoms with van der Waals surface area (Å²) in [5.41, 5.74) is 7.87. The second-order valence-corrected chi connectivity index (χ2v) is 10.9. The number of anilines is 1. The van der Waals surface area contributed by atoms with Crippen molar-refractivity contribution in [3.63, 3.8) is 0 Å². The van der Waals surface area contributed by atoms with Gasteiger partial charge in [0.1, 0.15) is 0 Å². The van der Waals surface area contributed by atoms with E-state index in [1.165, 1.54) is 19.7 Å². The van der Waals surface area contributed by atoms with Gasteiger partial charge in [0.2, 0.25) is 10.0 Å². The molecule has 0 unspecified atom stereocenters. The first-order valence-electron chi connectivity index (χ1n) is 11.8. The molecule has 3 N–H and O–H groups in total. The van der Waals surface area contributed by atoms with Crippen LogP contribution in [0.2, 0.25) is 0 Å². The predicted molar refractivity (Wildman–Crippen MR) is 135 cm³/mol. The first-order chi connectivity index (χ1) is 16.7. The molecule has 188 valence electrons. The van der Waals surface area contributed by atoms with Crippen LogP contribution in [0.25, 0.3) is 11.3 Å². The number of aryl methyl sites for hydroxylation is 1. The fraction of sp³-hybridized carbons (Fsp3) is 0.458. The first kappa shape index (κ1) is 25.1. The molecule has 11 heteroatoms. The number of rotatable bonds is 8. The molecule has 2 atom stereocenters. The van der Waals surface area contributed by atoms with Gasteiger partial charge < -0.3 is 15.4 Å². The van der Waals surface area contributed by atoms with Crippen LogP contribution in [0.4, 0.5) is 5.82 Å². The summed E-state index contributed by atoms with van der Waals surface area (Å²) in [5.74, 6) is 0.810. The fourth-order valence-electron chi connectivity index (χ4n) is 4.51. The number of ether oxygens (including phenoxy) is 1. The van der Waals surface area contributed by atoms with Gasteiger partial charge in [-0.1, -0.05) is 13.3 Å². The zero-order valence-corrected chi connectivity index (χ0v) is 21.4. The van der Waals surface area contributed by atoms with Crippen molar-refractivity contribution in [2.45, 2.75) is 56.5 Å². The maximum atomic E-state index is 12.3. The van der Waals surface area contributed by atoms with E-state index in [-0.39, 0.29) is 16.6 Å². The molecule has 1 aliphatic rings. The lowest BCUT2D eigenvalue weighted by Gasteiger charge is -2.37. The Labute approximate surface area is 206 Å². The number of nitrogens with zero attached hydrogens (tertiary/aromatic N) is 5. The summed E-state index contributed by atoms with van der Waals surface area (Å²) in [5, 5.41) is 4.54. The number of nitrogen functional groups attached to an aromatic ring is 1. The summed E-state index contributed by atoms with van der Waals surface area (Å²) in [7, 11) is -0.0400. The maximum absolute atomic E-state index is 12.3. The molecule has 0 radical (unpaired) electrons. The third-order valence-electron chi connectivity index (χ3n) is 6.46. The van der Waals surface area contributed by atoms with Gasteiger partial charge in [0.15, 0.2) is 11.6 Å². The Morgan fingerprint density at radius 2 is 2.06 bits per heavy atom. The van der Waals surface area contributed by atoms with E-state index in [1.54, 1.807) is 18.3 Å². The average Bonchev–Trinajstić information content (AvgIpc) is 3.30. The Hall–Kier alpha value is -3.02. The number of sulfonamides is 1. The number of likely N-dealkylation sites (tertiary alicyclic amines) is 1. The quantitative estimate of drug-likeness (QED) is 0.483. The van der Waals surface area contributed by atoms with Gasteiger partial charge >= 0.3 is 0 Å². The van der Waals surface area contributed by atoms with Crippen LogP contribution in [0.15, 0.2) is 41.7 Å². The van der Waals surface area contributed by atoms with Gasteiger partial charge in [-0.15, -0.1) is 0 Å². The molecule has 0 amide bonds. The van der Waals surface area contributed by atoms with E-state index in [2.05, 4.69) is 38.7 Å². The number of hydrogen-bond donors (Lipinski definition) is 2. The Kier molecular flexibility index (Phi) is 7.39. The standard InChI is InChI=1S/C24H33N7O3S/c1-5-6-18-12-19(7-8-30(18)4)31-15-20(13-28-31)34-24-23(25)27-14-22(29-24)17-9-16(2)10-21(11-17)35(32,33)26-3/h9-11,13-15,18-19,26H,5-8,12H2,1-4H3,(H2,25,27)/t18-,19+/m1/s1. The number of nitrogens with one attached hydrogen (secondary N) is 1. The van der Waals surface area contributed by atoms with Crippen molar-refractivity contribution in [2.75, 3.05) is 26.4 Å². The summed E-state index contributed by atoms with van der Waals surface area (Å²) in [6, 6.07) is 5.85. The lowest BCUT2D eigenvalue weighted by Crippen LogP contribution is -2.40. The normalized spacial score (nSPS) is 19.1. The lowest BCUT2D eigenvalue weighted by molar-refractivity contribution is 0.131. The summed E-state index contributed by atoms with van der Waals surface area (Å²) in [6.45, 7) is 5.07. The summed E-state index contributed by atoms with van der Waals surface area (Å²) in [4.78, 5) is 11.3. The van der Waals surface area contributed by atoms with Crippen molar-refractivity contribution in [2.24, 2.45) is 0 Å². The van der Waals surface area contributed by atoms with Crippen molar-refractivity contribution in [1.29, 1.82) is 0 Å². The van der Waals surface area contributed by atoms with Crippen LogP contribution >= 0.6 is 0 Å². The SMILES string of the molecule is CCC[C@@H]1C[C@@H](n2cc(Oc3nc(-c4cc(C)cc(S(=O)(=O)NC)c4)cnc3N)cn2)CCN1C. The highest BCUT2D eigenvalue weighted by Crippen LogP contribution is 2.32. The number of hydrogen-bond acceptors (Lipinski definition) is 8. The van der Waals surface area contributed by atoms with Crippen molar-refractivity contribution >= 4 is 15.8 Å². The molecule has 4 rings (SSSR count). The second kappa shape index (κ2) is 10.3. The predicted octanol–water partition coefficient (Wildman–Crippen LogP) is 3.37. The van der Waals surface area contributed by atoms with Crippen LogP contribution in [-0.4, -0.2) is 59.7 Å². The van der Waals surface area contributed by atoms with E-state index in [9.17, 15) is 8.42 Å². The van der Waals surface area contributed by atoms with Crippen LogP contribution in [0.5, 0.6) is 11.6 Å². The van der Waals surface area contributed by atoms with E-state index >= 15 is 0 Å². The van der Waals surface area contributed by atoms with Crippen molar-refractivity contribution in [1.82, 2.24) is 29.4 Å². The Morgan fingerprint density at radius 3 is 2.80 bits per heavy atom.